The van der Waals surface area contributed by atoms with E-state index in [1.807, 2.05) is 37.3 Å². The Labute approximate surface area is 152 Å². The molecule has 1 saturated heterocycles. The molecule has 1 heterocycles. The first-order chi connectivity index (χ1) is 11.9. The van der Waals surface area contributed by atoms with Crippen LogP contribution in [0.3, 0.4) is 0 Å². The van der Waals surface area contributed by atoms with E-state index >= 15 is 0 Å². The van der Waals surface area contributed by atoms with Crippen LogP contribution >= 0.6 is 11.8 Å². The molecule has 136 valence electrons. The van der Waals surface area contributed by atoms with Crippen molar-refractivity contribution < 1.29 is 14.4 Å². The minimum Gasteiger partial charge on any atom is -0.368 e. The highest BCUT2D eigenvalue weighted by molar-refractivity contribution is 8.12. The van der Waals surface area contributed by atoms with Crippen molar-refractivity contribution in [1.29, 1.82) is 0 Å². The molecule has 0 saturated carbocycles. The monoisotopic (exact) mass is 363 g/mol. The first-order valence-electron chi connectivity index (χ1n) is 8.47. The largest absolute Gasteiger partial charge is 0.368 e. The molecule has 1 aromatic carbocycles. The zero-order chi connectivity index (χ0) is 18.4. The van der Waals surface area contributed by atoms with Crippen molar-refractivity contribution >= 4 is 28.8 Å². The molecule has 25 heavy (non-hydrogen) atoms. The number of thioether (sulfide) groups is 1. The molecule has 1 aliphatic rings. The minimum atomic E-state index is -0.672. The van der Waals surface area contributed by atoms with Crippen molar-refractivity contribution in [2.75, 3.05) is 6.54 Å². The molecule has 0 aromatic heterocycles. The standard InChI is InChI=1S/C18H25N3O3S/c1-12-7-6-10-21(13(2)16(19)22)17(23)15(12)20-18(24)25-11-14-8-4-3-5-9-14/h3-5,8-9,12-13,15H,6-7,10-11H2,1-2H3,(H2,19,22)(H,20,24). The highest BCUT2D eigenvalue weighted by Crippen LogP contribution is 2.22. The van der Waals surface area contributed by atoms with E-state index in [1.54, 1.807) is 6.92 Å². The Morgan fingerprint density at radius 2 is 2.04 bits per heavy atom. The van der Waals surface area contributed by atoms with Gasteiger partial charge in [-0.1, -0.05) is 49.0 Å². The second kappa shape index (κ2) is 8.89. The summed E-state index contributed by atoms with van der Waals surface area (Å²) < 4.78 is 0. The Bertz CT molecular complexity index is 623. The molecule has 1 fully saturated rings. The summed E-state index contributed by atoms with van der Waals surface area (Å²) in [5.41, 5.74) is 6.40. The van der Waals surface area contributed by atoms with Crippen LogP contribution in [-0.2, 0) is 15.3 Å². The molecule has 0 bridgehead atoms. The Hall–Kier alpha value is -2.02. The number of nitrogens with two attached hydrogens (primary N) is 1. The van der Waals surface area contributed by atoms with Gasteiger partial charge in [-0.25, -0.2) is 0 Å². The molecule has 0 spiro atoms. The number of nitrogens with one attached hydrogen (secondary N) is 1. The maximum absolute atomic E-state index is 12.8. The Kier molecular flexibility index (Phi) is 6.87. The van der Waals surface area contributed by atoms with E-state index in [2.05, 4.69) is 5.32 Å². The van der Waals surface area contributed by atoms with E-state index < -0.39 is 18.0 Å². The summed E-state index contributed by atoms with van der Waals surface area (Å²) in [7, 11) is 0. The van der Waals surface area contributed by atoms with Gasteiger partial charge >= 0.3 is 0 Å². The van der Waals surface area contributed by atoms with Crippen molar-refractivity contribution in [3.05, 3.63) is 35.9 Å². The van der Waals surface area contributed by atoms with Gasteiger partial charge in [-0.3, -0.25) is 14.4 Å². The van der Waals surface area contributed by atoms with Gasteiger partial charge in [0.25, 0.3) is 5.24 Å². The summed E-state index contributed by atoms with van der Waals surface area (Å²) in [4.78, 5) is 38.0. The number of primary amides is 1. The third-order valence-corrected chi connectivity index (χ3v) is 5.40. The molecule has 1 aliphatic heterocycles. The fraction of sp³-hybridized carbons (Fsp3) is 0.500. The van der Waals surface area contributed by atoms with Crippen LogP contribution in [0, 0.1) is 5.92 Å². The van der Waals surface area contributed by atoms with Crippen LogP contribution in [0.2, 0.25) is 0 Å². The molecule has 1 aromatic rings. The normalized spacial score (nSPS) is 22.2. The number of carbonyl (C=O) groups is 3. The van der Waals surface area contributed by atoms with Crippen molar-refractivity contribution in [2.45, 2.75) is 44.5 Å². The Morgan fingerprint density at radius 3 is 2.68 bits per heavy atom. The van der Waals surface area contributed by atoms with Crippen LogP contribution < -0.4 is 11.1 Å². The highest BCUT2D eigenvalue weighted by Gasteiger charge is 2.36. The molecule has 0 aliphatic carbocycles. The fourth-order valence-electron chi connectivity index (χ4n) is 2.92. The molecule has 6 nitrogen and oxygen atoms in total. The van der Waals surface area contributed by atoms with Gasteiger partial charge in [0.05, 0.1) is 0 Å². The number of hydrogen-bond acceptors (Lipinski definition) is 4. The average molecular weight is 363 g/mol. The van der Waals surface area contributed by atoms with E-state index in [1.165, 1.54) is 4.90 Å². The predicted octanol–water partition coefficient (Wildman–Crippen LogP) is 2.13. The Morgan fingerprint density at radius 1 is 1.36 bits per heavy atom. The number of nitrogens with zero attached hydrogens (tertiary/aromatic N) is 1. The number of likely N-dealkylation sites (tertiary alicyclic amines) is 1. The zero-order valence-electron chi connectivity index (χ0n) is 14.6. The topological polar surface area (TPSA) is 92.5 Å². The second-order valence-electron chi connectivity index (χ2n) is 6.41. The molecule has 3 amide bonds. The van der Waals surface area contributed by atoms with Crippen molar-refractivity contribution in [1.82, 2.24) is 10.2 Å². The lowest BCUT2D eigenvalue weighted by molar-refractivity contribution is -0.140. The van der Waals surface area contributed by atoms with Gasteiger partial charge in [-0.2, -0.15) is 0 Å². The number of carbonyl (C=O) groups excluding carboxylic acids is 3. The molecular formula is C18H25N3O3S. The third kappa shape index (κ3) is 5.22. The summed E-state index contributed by atoms with van der Waals surface area (Å²) in [6.45, 7) is 4.05. The molecule has 3 atom stereocenters. The molecule has 7 heteroatoms. The van der Waals surface area contributed by atoms with Gasteiger partial charge in [-0.05, 0) is 31.2 Å². The molecule has 0 radical (unpaired) electrons. The van der Waals surface area contributed by atoms with Crippen molar-refractivity contribution in [3.8, 4) is 0 Å². The van der Waals surface area contributed by atoms with Crippen LogP contribution in [0.5, 0.6) is 0 Å². The second-order valence-corrected chi connectivity index (χ2v) is 7.36. The highest BCUT2D eigenvalue weighted by atomic mass is 32.2. The summed E-state index contributed by atoms with van der Waals surface area (Å²) in [6.07, 6.45) is 1.59. The van der Waals surface area contributed by atoms with Crippen molar-refractivity contribution in [3.63, 3.8) is 0 Å². The number of benzene rings is 1. The molecule has 3 N–H and O–H groups in total. The lowest BCUT2D eigenvalue weighted by Gasteiger charge is -2.30. The van der Waals surface area contributed by atoms with E-state index in [-0.39, 0.29) is 17.1 Å². The summed E-state index contributed by atoms with van der Waals surface area (Å²) in [5.74, 6) is -0.209. The first-order valence-corrected chi connectivity index (χ1v) is 9.45. The van der Waals surface area contributed by atoms with Gasteiger partial charge < -0.3 is 16.0 Å². The first kappa shape index (κ1) is 19.3. The van der Waals surface area contributed by atoms with Gasteiger partial charge in [0.2, 0.25) is 11.8 Å². The van der Waals surface area contributed by atoms with Gasteiger partial charge in [0.1, 0.15) is 12.1 Å². The minimum absolute atomic E-state index is 0.0128. The summed E-state index contributed by atoms with van der Waals surface area (Å²) in [5, 5.41) is 2.60. The Balaban J connectivity index is 2.00. The number of amides is 3. The van der Waals surface area contributed by atoms with Gasteiger partial charge in [0.15, 0.2) is 0 Å². The van der Waals surface area contributed by atoms with E-state index in [9.17, 15) is 14.4 Å². The molecule has 2 rings (SSSR count). The summed E-state index contributed by atoms with van der Waals surface area (Å²) in [6, 6.07) is 8.39. The summed E-state index contributed by atoms with van der Waals surface area (Å²) >= 11 is 1.14. The predicted molar refractivity (Wildman–Crippen MR) is 98.8 cm³/mol. The molecule has 3 unspecified atom stereocenters. The molecular weight excluding hydrogens is 338 g/mol. The van der Waals surface area contributed by atoms with E-state index in [0.29, 0.717) is 12.3 Å². The van der Waals surface area contributed by atoms with Crippen LogP contribution in [-0.4, -0.2) is 40.6 Å². The van der Waals surface area contributed by atoms with E-state index in [0.717, 1.165) is 30.2 Å². The maximum Gasteiger partial charge on any atom is 0.280 e. The lowest BCUT2D eigenvalue weighted by Crippen LogP contribution is -2.54. The van der Waals surface area contributed by atoms with Gasteiger partial charge in [-0.15, -0.1) is 0 Å². The van der Waals surface area contributed by atoms with Crippen LogP contribution in [0.15, 0.2) is 30.3 Å². The van der Waals surface area contributed by atoms with Gasteiger partial charge in [0, 0.05) is 12.3 Å². The third-order valence-electron chi connectivity index (χ3n) is 4.54. The number of hydrogen-bond donors (Lipinski definition) is 2. The fourth-order valence-corrected chi connectivity index (χ4v) is 3.62. The maximum atomic E-state index is 12.8. The van der Waals surface area contributed by atoms with Crippen LogP contribution in [0.4, 0.5) is 4.79 Å². The SMILES string of the molecule is CC1CCCN(C(C)C(N)=O)C(=O)C1NC(=O)SCc1ccccc1. The lowest BCUT2D eigenvalue weighted by atomic mass is 9.97. The number of rotatable bonds is 5. The quantitative estimate of drug-likeness (QED) is 0.838. The smallest absolute Gasteiger partial charge is 0.280 e. The zero-order valence-corrected chi connectivity index (χ0v) is 15.4. The van der Waals surface area contributed by atoms with E-state index in [4.69, 9.17) is 5.73 Å². The average Bonchev–Trinajstić information content (AvgIpc) is 2.73. The van der Waals surface area contributed by atoms with Crippen LogP contribution in [0.25, 0.3) is 0 Å². The van der Waals surface area contributed by atoms with Crippen molar-refractivity contribution in [2.24, 2.45) is 11.7 Å². The van der Waals surface area contributed by atoms with Crippen LogP contribution in [0.1, 0.15) is 32.3 Å².